The monoisotopic (exact) mass is 451 g/mol. The molecule has 170 valence electrons. The zero-order valence-corrected chi connectivity index (χ0v) is 20.1. The number of piperazine rings is 1. The number of nitrogens with zero attached hydrogens (tertiary/aromatic N) is 5. The summed E-state index contributed by atoms with van der Waals surface area (Å²) in [6.45, 7) is 8.34. The van der Waals surface area contributed by atoms with E-state index >= 15 is 0 Å². The summed E-state index contributed by atoms with van der Waals surface area (Å²) in [5, 5.41) is 9.52. The zero-order chi connectivity index (χ0) is 22.1. The van der Waals surface area contributed by atoms with Crippen molar-refractivity contribution in [1.29, 1.82) is 0 Å². The molecule has 3 aromatic rings. The van der Waals surface area contributed by atoms with Crippen LogP contribution in [0.1, 0.15) is 29.7 Å². The van der Waals surface area contributed by atoms with E-state index in [0.717, 1.165) is 56.4 Å². The minimum Gasteiger partial charge on any atom is -0.497 e. The second kappa shape index (κ2) is 9.25. The molecule has 0 spiro atoms. The van der Waals surface area contributed by atoms with E-state index in [0.29, 0.717) is 6.04 Å². The lowest BCUT2D eigenvalue weighted by atomic mass is 10.1. The van der Waals surface area contributed by atoms with Gasteiger partial charge in [-0.25, -0.2) is 4.68 Å². The Labute approximate surface area is 195 Å². The molecule has 5 rings (SSSR count). The first-order valence-electron chi connectivity index (χ1n) is 11.5. The fraction of sp³-hybridized carbons (Fsp3) is 0.480. The van der Waals surface area contributed by atoms with Gasteiger partial charge in [-0.2, -0.15) is 16.4 Å². The molecule has 3 heterocycles. The maximum Gasteiger partial charge on any atom is 0.137 e. The van der Waals surface area contributed by atoms with E-state index in [1.165, 1.54) is 29.8 Å². The van der Waals surface area contributed by atoms with Crippen LogP contribution in [0.25, 0.3) is 5.69 Å². The Kier molecular flexibility index (Phi) is 6.22. The summed E-state index contributed by atoms with van der Waals surface area (Å²) in [6.07, 6.45) is 2.61. The van der Waals surface area contributed by atoms with Gasteiger partial charge in [-0.05, 0) is 73.5 Å². The summed E-state index contributed by atoms with van der Waals surface area (Å²) in [7, 11) is 3.92. The maximum absolute atomic E-state index is 5.38. The summed E-state index contributed by atoms with van der Waals surface area (Å²) >= 11 is 1.79. The lowest BCUT2D eigenvalue weighted by molar-refractivity contribution is 0.245. The van der Waals surface area contributed by atoms with Crippen LogP contribution in [-0.4, -0.2) is 66.0 Å². The average Bonchev–Trinajstić information content (AvgIpc) is 3.44. The second-order valence-electron chi connectivity index (χ2n) is 9.06. The molecule has 32 heavy (non-hydrogen) atoms. The summed E-state index contributed by atoms with van der Waals surface area (Å²) in [5.74, 6) is 2.13. The third-order valence-corrected chi connectivity index (χ3v) is 7.40. The molecule has 1 saturated heterocycles. The molecule has 0 atom stereocenters. The van der Waals surface area contributed by atoms with Crippen molar-refractivity contribution < 1.29 is 4.74 Å². The van der Waals surface area contributed by atoms with E-state index in [-0.39, 0.29) is 0 Å². The van der Waals surface area contributed by atoms with Gasteiger partial charge in [-0.1, -0.05) is 0 Å². The van der Waals surface area contributed by atoms with Crippen molar-refractivity contribution in [2.75, 3.05) is 45.2 Å². The van der Waals surface area contributed by atoms with E-state index in [2.05, 4.69) is 62.3 Å². The predicted molar refractivity (Wildman–Crippen MR) is 131 cm³/mol. The molecule has 1 saturated carbocycles. The molecule has 0 N–H and O–H groups in total. The van der Waals surface area contributed by atoms with Gasteiger partial charge in [0.25, 0.3) is 0 Å². The normalized spacial score (nSPS) is 17.3. The predicted octanol–water partition coefficient (Wildman–Crippen LogP) is 4.17. The van der Waals surface area contributed by atoms with Crippen LogP contribution in [0.5, 0.6) is 5.75 Å². The minimum absolute atomic E-state index is 0.693. The van der Waals surface area contributed by atoms with Crippen LogP contribution in [-0.2, 0) is 13.1 Å². The van der Waals surface area contributed by atoms with E-state index in [4.69, 9.17) is 9.84 Å². The van der Waals surface area contributed by atoms with Crippen molar-refractivity contribution in [3.05, 3.63) is 57.9 Å². The van der Waals surface area contributed by atoms with Crippen molar-refractivity contribution in [1.82, 2.24) is 19.6 Å². The van der Waals surface area contributed by atoms with Crippen LogP contribution < -0.4 is 9.64 Å². The molecule has 0 amide bonds. The summed E-state index contributed by atoms with van der Waals surface area (Å²) in [4.78, 5) is 7.60. The number of likely N-dealkylation sites (N-methyl/N-ethyl adjacent to an activating group) is 1. The number of aryl methyl sites for hydroxylation is 1. The average molecular weight is 452 g/mol. The van der Waals surface area contributed by atoms with Crippen molar-refractivity contribution in [2.24, 2.45) is 0 Å². The first-order valence-corrected chi connectivity index (χ1v) is 12.5. The lowest BCUT2D eigenvalue weighted by Crippen LogP contribution is -2.45. The third-order valence-electron chi connectivity index (χ3n) is 6.67. The Morgan fingerprint density at radius 2 is 1.81 bits per heavy atom. The number of anilines is 1. The number of benzene rings is 1. The minimum atomic E-state index is 0.693. The first kappa shape index (κ1) is 21.5. The Bertz CT molecular complexity index is 1020. The van der Waals surface area contributed by atoms with Crippen molar-refractivity contribution in [2.45, 2.75) is 38.9 Å². The van der Waals surface area contributed by atoms with E-state index < -0.39 is 0 Å². The van der Waals surface area contributed by atoms with Gasteiger partial charge < -0.3 is 14.5 Å². The molecule has 2 aromatic heterocycles. The SMILES string of the molecule is COc1ccc(-n2nc(C)c(CN(Cc3ccsc3)C3CC3)c2N2CCN(C)CC2)cc1. The van der Waals surface area contributed by atoms with Crippen LogP contribution in [0.2, 0.25) is 0 Å². The Hall–Kier alpha value is -2.35. The fourth-order valence-corrected chi connectivity index (χ4v) is 5.21. The van der Waals surface area contributed by atoms with Gasteiger partial charge in [0.05, 0.1) is 18.5 Å². The molecule has 1 aliphatic carbocycles. The molecule has 0 bridgehead atoms. The zero-order valence-electron chi connectivity index (χ0n) is 19.3. The van der Waals surface area contributed by atoms with Crippen LogP contribution in [0.3, 0.4) is 0 Å². The Balaban J connectivity index is 1.51. The number of hydrogen-bond acceptors (Lipinski definition) is 6. The summed E-state index contributed by atoms with van der Waals surface area (Å²) in [6, 6.07) is 11.2. The van der Waals surface area contributed by atoms with Crippen LogP contribution in [0, 0.1) is 6.92 Å². The van der Waals surface area contributed by atoms with Gasteiger partial charge in [-0.3, -0.25) is 4.90 Å². The molecule has 2 aliphatic rings. The molecular formula is C25H33N5OS. The fourth-order valence-electron chi connectivity index (χ4n) is 4.55. The lowest BCUT2D eigenvalue weighted by Gasteiger charge is -2.35. The topological polar surface area (TPSA) is 36.8 Å². The number of thiophene rings is 1. The standard InChI is InChI=1S/C25H33N5OS/c1-19-24(17-29(21-4-5-21)16-20-10-15-32-18-20)25(28-13-11-27(2)12-14-28)30(26-19)22-6-8-23(31-3)9-7-22/h6-10,15,18,21H,4-5,11-14,16-17H2,1-3H3. The number of hydrogen-bond donors (Lipinski definition) is 0. The van der Waals surface area contributed by atoms with Gasteiger partial charge in [-0.15, -0.1) is 0 Å². The van der Waals surface area contributed by atoms with E-state index in [1.807, 2.05) is 12.1 Å². The molecule has 0 unspecified atom stereocenters. The molecule has 1 aromatic carbocycles. The summed E-state index contributed by atoms with van der Waals surface area (Å²) in [5.41, 5.74) is 5.01. The van der Waals surface area contributed by atoms with Crippen molar-refractivity contribution in [3.63, 3.8) is 0 Å². The molecule has 2 fully saturated rings. The molecular weight excluding hydrogens is 418 g/mol. The smallest absolute Gasteiger partial charge is 0.137 e. The Morgan fingerprint density at radius 3 is 2.44 bits per heavy atom. The number of ether oxygens (including phenoxy) is 1. The van der Waals surface area contributed by atoms with Crippen LogP contribution in [0.15, 0.2) is 41.1 Å². The third kappa shape index (κ3) is 4.56. The van der Waals surface area contributed by atoms with Crippen molar-refractivity contribution >= 4 is 17.2 Å². The highest BCUT2D eigenvalue weighted by atomic mass is 32.1. The van der Waals surface area contributed by atoms with Gasteiger partial charge in [0.2, 0.25) is 0 Å². The van der Waals surface area contributed by atoms with Gasteiger partial charge in [0.1, 0.15) is 11.6 Å². The second-order valence-corrected chi connectivity index (χ2v) is 9.84. The van der Waals surface area contributed by atoms with E-state index in [1.54, 1.807) is 18.4 Å². The number of methoxy groups -OCH3 is 1. The van der Waals surface area contributed by atoms with Gasteiger partial charge >= 0.3 is 0 Å². The first-order chi connectivity index (χ1) is 15.6. The highest BCUT2D eigenvalue weighted by Gasteiger charge is 2.32. The van der Waals surface area contributed by atoms with Crippen LogP contribution in [0.4, 0.5) is 5.82 Å². The number of aromatic nitrogens is 2. The highest BCUT2D eigenvalue weighted by molar-refractivity contribution is 7.07. The van der Waals surface area contributed by atoms with Gasteiger partial charge in [0.15, 0.2) is 0 Å². The quantitative estimate of drug-likeness (QED) is 0.514. The molecule has 6 nitrogen and oxygen atoms in total. The molecule has 1 aliphatic heterocycles. The molecule has 0 radical (unpaired) electrons. The van der Waals surface area contributed by atoms with Gasteiger partial charge in [0, 0.05) is 50.9 Å². The van der Waals surface area contributed by atoms with E-state index in [9.17, 15) is 0 Å². The Morgan fingerprint density at radius 1 is 1.06 bits per heavy atom. The van der Waals surface area contributed by atoms with Crippen molar-refractivity contribution in [3.8, 4) is 11.4 Å². The van der Waals surface area contributed by atoms with Crippen LogP contribution >= 0.6 is 11.3 Å². The summed E-state index contributed by atoms with van der Waals surface area (Å²) < 4.78 is 7.53. The number of rotatable bonds is 8. The maximum atomic E-state index is 5.38. The highest BCUT2D eigenvalue weighted by Crippen LogP contribution is 2.35. The molecule has 7 heteroatoms. The largest absolute Gasteiger partial charge is 0.497 e.